The topological polar surface area (TPSA) is 72.2 Å². The zero-order chi connectivity index (χ0) is 15.5. The number of nitro benzene ring substituents is 1. The number of carbonyl (C=O) groups excluding carboxylic acids is 1. The van der Waals surface area contributed by atoms with E-state index in [1.807, 2.05) is 30.3 Å². The molecule has 0 bridgehead atoms. The summed E-state index contributed by atoms with van der Waals surface area (Å²) in [4.78, 5) is 23.0. The molecule has 0 aliphatic heterocycles. The fraction of sp³-hybridized carbons (Fsp3) is 0. The normalized spacial score (nSPS) is 10.4. The second-order valence-electron chi connectivity index (χ2n) is 4.76. The van der Waals surface area contributed by atoms with Crippen molar-refractivity contribution < 1.29 is 9.72 Å². The first-order valence-electron chi connectivity index (χ1n) is 6.69. The van der Waals surface area contributed by atoms with Crippen LogP contribution in [-0.2, 0) is 0 Å². The van der Waals surface area contributed by atoms with Gasteiger partial charge in [-0.05, 0) is 22.9 Å². The Morgan fingerprint density at radius 2 is 1.59 bits per heavy atom. The van der Waals surface area contributed by atoms with Gasteiger partial charge in [0.05, 0.1) is 4.92 Å². The van der Waals surface area contributed by atoms with Crippen LogP contribution in [0, 0.1) is 10.1 Å². The molecule has 1 amide bonds. The van der Waals surface area contributed by atoms with Gasteiger partial charge in [-0.2, -0.15) is 0 Å². The quantitative estimate of drug-likeness (QED) is 0.585. The number of nitrogens with one attached hydrogen (secondary N) is 1. The number of amides is 1. The van der Waals surface area contributed by atoms with Gasteiger partial charge in [0.15, 0.2) is 0 Å². The molecule has 0 radical (unpaired) electrons. The maximum atomic E-state index is 12.5. The molecule has 22 heavy (non-hydrogen) atoms. The van der Waals surface area contributed by atoms with Crippen molar-refractivity contribution >= 4 is 28.1 Å². The third kappa shape index (κ3) is 2.52. The largest absolute Gasteiger partial charge is 0.316 e. The highest BCUT2D eigenvalue weighted by Crippen LogP contribution is 2.25. The molecule has 0 atom stereocenters. The monoisotopic (exact) mass is 292 g/mol. The fourth-order valence-electron chi connectivity index (χ4n) is 2.35. The average Bonchev–Trinajstić information content (AvgIpc) is 2.54. The Morgan fingerprint density at radius 3 is 2.41 bits per heavy atom. The molecule has 0 saturated carbocycles. The van der Waals surface area contributed by atoms with Crippen molar-refractivity contribution in [3.8, 4) is 0 Å². The van der Waals surface area contributed by atoms with Crippen molar-refractivity contribution in [3.05, 3.63) is 82.4 Å². The Labute approximate surface area is 126 Å². The van der Waals surface area contributed by atoms with E-state index in [0.29, 0.717) is 5.56 Å². The zero-order valence-electron chi connectivity index (χ0n) is 11.5. The van der Waals surface area contributed by atoms with Crippen LogP contribution in [-0.4, -0.2) is 10.8 Å². The molecule has 0 aliphatic carbocycles. The minimum atomic E-state index is -0.515. The molecule has 5 heteroatoms. The molecule has 3 aromatic rings. The van der Waals surface area contributed by atoms with Gasteiger partial charge in [0.25, 0.3) is 11.6 Å². The summed E-state index contributed by atoms with van der Waals surface area (Å²) in [5, 5.41) is 15.4. The molecule has 0 aliphatic rings. The number of anilines is 1. The summed E-state index contributed by atoms with van der Waals surface area (Å²) in [5.41, 5.74) is 0.540. The van der Waals surface area contributed by atoms with Gasteiger partial charge in [-0.25, -0.2) is 0 Å². The molecule has 3 rings (SSSR count). The second kappa shape index (κ2) is 5.65. The van der Waals surface area contributed by atoms with Gasteiger partial charge in [-0.15, -0.1) is 0 Å². The first kappa shape index (κ1) is 13.8. The van der Waals surface area contributed by atoms with Crippen LogP contribution in [0.2, 0.25) is 0 Å². The number of benzene rings is 3. The molecule has 108 valence electrons. The van der Waals surface area contributed by atoms with E-state index in [2.05, 4.69) is 5.32 Å². The number of fused-ring (bicyclic) bond motifs is 1. The number of hydrogen-bond donors (Lipinski definition) is 1. The minimum Gasteiger partial charge on any atom is -0.316 e. The van der Waals surface area contributed by atoms with E-state index >= 15 is 0 Å². The lowest BCUT2D eigenvalue weighted by Crippen LogP contribution is -2.13. The van der Waals surface area contributed by atoms with E-state index in [0.717, 1.165) is 10.8 Å². The first-order valence-corrected chi connectivity index (χ1v) is 6.69. The van der Waals surface area contributed by atoms with Crippen molar-refractivity contribution in [2.45, 2.75) is 0 Å². The number of nitrogens with zero attached hydrogens (tertiary/aromatic N) is 1. The number of hydrogen-bond acceptors (Lipinski definition) is 3. The van der Waals surface area contributed by atoms with Crippen LogP contribution in [0.15, 0.2) is 66.7 Å². The molecule has 0 fully saturated rings. The van der Waals surface area contributed by atoms with Gasteiger partial charge >= 0.3 is 0 Å². The fourth-order valence-corrected chi connectivity index (χ4v) is 2.35. The van der Waals surface area contributed by atoms with Gasteiger partial charge in [0.2, 0.25) is 0 Å². The van der Waals surface area contributed by atoms with Gasteiger partial charge < -0.3 is 5.32 Å². The lowest BCUT2D eigenvalue weighted by molar-refractivity contribution is -0.383. The third-order valence-corrected chi connectivity index (χ3v) is 3.38. The summed E-state index contributed by atoms with van der Waals surface area (Å²) in [5.74, 6) is -0.369. The Balaban J connectivity index is 2.00. The summed E-state index contributed by atoms with van der Waals surface area (Å²) < 4.78 is 0. The molecule has 0 saturated heterocycles. The van der Waals surface area contributed by atoms with E-state index in [1.165, 1.54) is 12.1 Å². The molecule has 0 aromatic heterocycles. The van der Waals surface area contributed by atoms with Crippen LogP contribution in [0.3, 0.4) is 0 Å². The number of rotatable bonds is 3. The zero-order valence-corrected chi connectivity index (χ0v) is 11.5. The number of para-hydroxylation sites is 2. The lowest BCUT2D eigenvalue weighted by Gasteiger charge is -2.08. The molecule has 5 nitrogen and oxygen atoms in total. The smallest absolute Gasteiger partial charge is 0.292 e. The second-order valence-corrected chi connectivity index (χ2v) is 4.76. The van der Waals surface area contributed by atoms with E-state index in [-0.39, 0.29) is 17.3 Å². The Kier molecular flexibility index (Phi) is 3.53. The summed E-state index contributed by atoms with van der Waals surface area (Å²) in [6.07, 6.45) is 0. The molecule has 0 spiro atoms. The van der Waals surface area contributed by atoms with Crippen molar-refractivity contribution in [1.82, 2.24) is 0 Å². The van der Waals surface area contributed by atoms with Gasteiger partial charge in [-0.1, -0.05) is 48.5 Å². The Hall–Kier alpha value is -3.21. The van der Waals surface area contributed by atoms with Crippen molar-refractivity contribution in [2.75, 3.05) is 5.32 Å². The van der Waals surface area contributed by atoms with Crippen LogP contribution >= 0.6 is 0 Å². The number of nitro groups is 1. The average molecular weight is 292 g/mol. The van der Waals surface area contributed by atoms with Gasteiger partial charge in [0, 0.05) is 11.6 Å². The first-order chi connectivity index (χ1) is 10.7. The summed E-state index contributed by atoms with van der Waals surface area (Å²) in [6, 6.07) is 19.0. The molecular weight excluding hydrogens is 280 g/mol. The Morgan fingerprint density at radius 1 is 0.909 bits per heavy atom. The third-order valence-electron chi connectivity index (χ3n) is 3.38. The van der Waals surface area contributed by atoms with Crippen LogP contribution in [0.1, 0.15) is 10.4 Å². The predicted octanol–water partition coefficient (Wildman–Crippen LogP) is 4.00. The molecule has 0 unspecified atom stereocenters. The van der Waals surface area contributed by atoms with E-state index in [4.69, 9.17) is 0 Å². The van der Waals surface area contributed by atoms with Crippen molar-refractivity contribution in [1.29, 1.82) is 0 Å². The van der Waals surface area contributed by atoms with E-state index in [9.17, 15) is 14.9 Å². The summed E-state index contributed by atoms with van der Waals surface area (Å²) >= 11 is 0. The van der Waals surface area contributed by atoms with E-state index < -0.39 is 4.92 Å². The predicted molar refractivity (Wildman–Crippen MR) is 85.0 cm³/mol. The number of carbonyl (C=O) groups is 1. The summed E-state index contributed by atoms with van der Waals surface area (Å²) in [6.45, 7) is 0. The Bertz CT molecular complexity index is 869. The van der Waals surface area contributed by atoms with E-state index in [1.54, 1.807) is 24.3 Å². The van der Waals surface area contributed by atoms with Crippen LogP contribution in [0.5, 0.6) is 0 Å². The molecule has 3 aromatic carbocycles. The van der Waals surface area contributed by atoms with Crippen LogP contribution in [0.4, 0.5) is 11.4 Å². The van der Waals surface area contributed by atoms with Gasteiger partial charge in [-0.3, -0.25) is 14.9 Å². The lowest BCUT2D eigenvalue weighted by atomic mass is 10.0. The molecule has 1 N–H and O–H groups in total. The summed E-state index contributed by atoms with van der Waals surface area (Å²) in [7, 11) is 0. The van der Waals surface area contributed by atoms with Gasteiger partial charge in [0.1, 0.15) is 5.69 Å². The molecular formula is C17H12N2O3. The standard InChI is InChI=1S/C17H12N2O3/c20-17(18-15-10-3-4-11-16(15)19(21)22)14-9-5-7-12-6-1-2-8-13(12)14/h1-11H,(H,18,20). The maximum Gasteiger partial charge on any atom is 0.292 e. The van der Waals surface area contributed by atoms with Crippen LogP contribution < -0.4 is 5.32 Å². The highest BCUT2D eigenvalue weighted by Gasteiger charge is 2.16. The highest BCUT2D eigenvalue weighted by molar-refractivity contribution is 6.13. The van der Waals surface area contributed by atoms with Crippen molar-refractivity contribution in [3.63, 3.8) is 0 Å². The maximum absolute atomic E-state index is 12.5. The molecule has 0 heterocycles. The highest BCUT2D eigenvalue weighted by atomic mass is 16.6. The van der Waals surface area contributed by atoms with Crippen molar-refractivity contribution in [2.24, 2.45) is 0 Å². The SMILES string of the molecule is O=C(Nc1ccccc1[N+](=O)[O-])c1cccc2ccccc12. The minimum absolute atomic E-state index is 0.129. The van der Waals surface area contributed by atoms with Crippen LogP contribution in [0.25, 0.3) is 10.8 Å².